The smallest absolute Gasteiger partial charge is 0.416 e. The molecule has 2 aromatic carbocycles. The summed E-state index contributed by atoms with van der Waals surface area (Å²) in [5.41, 5.74) is 0.589. The number of hydrogen-bond acceptors (Lipinski definition) is 2. The molecule has 0 radical (unpaired) electrons. The van der Waals surface area contributed by atoms with Crippen LogP contribution in [0.5, 0.6) is 11.5 Å². The number of hydrogen-bond donors (Lipinski definition) is 0. The van der Waals surface area contributed by atoms with E-state index in [1.165, 1.54) is 17.9 Å². The number of carbonyl (C=O) groups excluding carboxylic acids is 1. The van der Waals surface area contributed by atoms with Gasteiger partial charge in [-0.15, -0.1) is 0 Å². The molecule has 0 N–H and O–H groups in total. The second-order valence-electron chi connectivity index (χ2n) is 7.07. The number of rotatable bonds is 0. The molecule has 0 unspecified atom stereocenters. The van der Waals surface area contributed by atoms with Gasteiger partial charge in [0, 0.05) is 6.92 Å². The van der Waals surface area contributed by atoms with Gasteiger partial charge in [-0.2, -0.15) is 13.2 Å². The Hall–Kier alpha value is -2.50. The lowest BCUT2D eigenvalue weighted by Crippen LogP contribution is -2.27. The van der Waals surface area contributed by atoms with Crippen molar-refractivity contribution in [2.24, 2.45) is 0 Å². The summed E-state index contributed by atoms with van der Waals surface area (Å²) in [6, 6.07) is 8.54. The van der Waals surface area contributed by atoms with E-state index in [2.05, 4.69) is 0 Å². The molecule has 1 heterocycles. The van der Waals surface area contributed by atoms with Crippen molar-refractivity contribution in [1.29, 1.82) is 0 Å². The van der Waals surface area contributed by atoms with Crippen LogP contribution in [0.25, 0.3) is 0 Å². The number of anilines is 2. The number of halogens is 3. The van der Waals surface area contributed by atoms with Crippen molar-refractivity contribution < 1.29 is 22.7 Å². The molecule has 132 valence electrons. The number of carbonyl (C=O) groups is 1. The molecular weight excluding hydrogens is 331 g/mol. The average Bonchev–Trinajstić information content (AvgIpc) is 2.49. The fraction of sp³-hybridized carbons (Fsp3) is 0.316. The molecule has 0 bridgehead atoms. The third kappa shape index (κ3) is 3.08. The Balaban J connectivity index is 2.17. The second kappa shape index (κ2) is 5.51. The normalized spacial score (nSPS) is 13.8. The van der Waals surface area contributed by atoms with Crippen molar-refractivity contribution in [2.75, 3.05) is 4.90 Å². The van der Waals surface area contributed by atoms with Gasteiger partial charge in [0.1, 0.15) is 0 Å². The third-order valence-electron chi connectivity index (χ3n) is 4.13. The molecule has 0 aliphatic carbocycles. The molecule has 0 fully saturated rings. The summed E-state index contributed by atoms with van der Waals surface area (Å²) in [7, 11) is 0. The molecule has 25 heavy (non-hydrogen) atoms. The Morgan fingerprint density at radius 1 is 0.920 bits per heavy atom. The maximum Gasteiger partial charge on any atom is 0.416 e. The second-order valence-corrected chi connectivity index (χ2v) is 7.07. The van der Waals surface area contributed by atoms with Gasteiger partial charge in [-0.3, -0.25) is 9.69 Å². The minimum atomic E-state index is -4.49. The molecule has 3 rings (SSSR count). The first-order valence-corrected chi connectivity index (χ1v) is 7.83. The SMILES string of the molecule is CC(=O)N1c2ccc(C(C)(C)C)cc2Oc2ccc(C(F)(F)F)cc21. The lowest BCUT2D eigenvalue weighted by Gasteiger charge is -2.32. The van der Waals surface area contributed by atoms with Crippen molar-refractivity contribution in [3.05, 3.63) is 47.5 Å². The molecule has 1 amide bonds. The molecule has 6 heteroatoms. The summed E-state index contributed by atoms with van der Waals surface area (Å²) >= 11 is 0. The molecule has 0 saturated heterocycles. The third-order valence-corrected chi connectivity index (χ3v) is 4.13. The summed E-state index contributed by atoms with van der Waals surface area (Å²) < 4.78 is 44.9. The number of nitrogens with zero attached hydrogens (tertiary/aromatic N) is 1. The quantitative estimate of drug-likeness (QED) is 0.602. The summed E-state index contributed by atoms with van der Waals surface area (Å²) in [5, 5.41) is 0. The average molecular weight is 349 g/mol. The first-order valence-electron chi connectivity index (χ1n) is 7.83. The van der Waals surface area contributed by atoms with Crippen LogP contribution in [0.2, 0.25) is 0 Å². The molecule has 0 atom stereocenters. The highest BCUT2D eigenvalue weighted by Gasteiger charge is 2.35. The van der Waals surface area contributed by atoms with E-state index in [-0.39, 0.29) is 22.8 Å². The minimum Gasteiger partial charge on any atom is -0.453 e. The van der Waals surface area contributed by atoms with Crippen LogP contribution in [0.15, 0.2) is 36.4 Å². The van der Waals surface area contributed by atoms with E-state index >= 15 is 0 Å². The number of amides is 1. The van der Waals surface area contributed by atoms with Crippen molar-refractivity contribution in [1.82, 2.24) is 0 Å². The zero-order valence-electron chi connectivity index (χ0n) is 14.4. The fourth-order valence-corrected chi connectivity index (χ4v) is 2.79. The van der Waals surface area contributed by atoms with Crippen molar-refractivity contribution >= 4 is 17.3 Å². The van der Waals surface area contributed by atoms with Gasteiger partial charge in [0.2, 0.25) is 5.91 Å². The molecule has 3 nitrogen and oxygen atoms in total. The molecule has 1 aliphatic heterocycles. The van der Waals surface area contributed by atoms with Gasteiger partial charge >= 0.3 is 6.18 Å². The zero-order chi connectivity index (χ0) is 18.6. The van der Waals surface area contributed by atoms with E-state index in [0.29, 0.717) is 11.4 Å². The molecule has 0 aromatic heterocycles. The summed E-state index contributed by atoms with van der Waals surface area (Å²) in [6.07, 6.45) is -4.49. The number of benzene rings is 2. The number of fused-ring (bicyclic) bond motifs is 2. The summed E-state index contributed by atoms with van der Waals surface area (Å²) in [4.78, 5) is 13.4. The van der Waals surface area contributed by atoms with Crippen LogP contribution < -0.4 is 9.64 Å². The van der Waals surface area contributed by atoms with E-state index in [4.69, 9.17) is 4.74 Å². The highest BCUT2D eigenvalue weighted by Crippen LogP contribution is 2.49. The lowest BCUT2D eigenvalue weighted by molar-refractivity contribution is -0.137. The fourth-order valence-electron chi connectivity index (χ4n) is 2.79. The van der Waals surface area contributed by atoms with E-state index in [9.17, 15) is 18.0 Å². The number of ether oxygens (including phenoxy) is 1. The topological polar surface area (TPSA) is 29.5 Å². The van der Waals surface area contributed by atoms with E-state index < -0.39 is 11.7 Å². The Kier molecular flexibility index (Phi) is 3.82. The van der Waals surface area contributed by atoms with Crippen LogP contribution in [0.1, 0.15) is 38.8 Å². The van der Waals surface area contributed by atoms with Crippen LogP contribution in [0, 0.1) is 0 Å². The first-order chi connectivity index (χ1) is 11.5. The predicted molar refractivity (Wildman–Crippen MR) is 89.5 cm³/mol. The molecular formula is C19H18F3NO2. The van der Waals surface area contributed by atoms with Crippen molar-refractivity contribution in [3.8, 4) is 11.5 Å². The van der Waals surface area contributed by atoms with Crippen LogP contribution in [-0.4, -0.2) is 5.91 Å². The van der Waals surface area contributed by atoms with Crippen molar-refractivity contribution in [2.45, 2.75) is 39.3 Å². The van der Waals surface area contributed by atoms with Gasteiger partial charge in [0.25, 0.3) is 0 Å². The summed E-state index contributed by atoms with van der Waals surface area (Å²) in [5.74, 6) is 0.297. The maximum atomic E-state index is 13.0. The standard InChI is InChI=1S/C19H18F3NO2/c1-11(24)23-14-7-5-12(18(2,3)4)10-17(14)25-16-8-6-13(9-15(16)23)19(20,21)22/h5-10H,1-4H3. The Morgan fingerprint density at radius 2 is 1.56 bits per heavy atom. The lowest BCUT2D eigenvalue weighted by atomic mass is 9.86. The van der Waals surface area contributed by atoms with E-state index in [0.717, 1.165) is 17.7 Å². The van der Waals surface area contributed by atoms with Crippen molar-refractivity contribution in [3.63, 3.8) is 0 Å². The summed E-state index contributed by atoms with van der Waals surface area (Å²) in [6.45, 7) is 7.45. The Labute approximate surface area is 144 Å². The predicted octanol–water partition coefficient (Wildman–Crippen LogP) is 5.79. The Morgan fingerprint density at radius 3 is 2.12 bits per heavy atom. The van der Waals surface area contributed by atoms with Crippen LogP contribution in [0.4, 0.5) is 24.5 Å². The number of alkyl halides is 3. The van der Waals surface area contributed by atoms with Gasteiger partial charge in [-0.05, 0) is 41.3 Å². The molecule has 2 aromatic rings. The largest absolute Gasteiger partial charge is 0.453 e. The Bertz CT molecular complexity index is 851. The van der Waals surface area contributed by atoms with Gasteiger partial charge in [0.05, 0.1) is 16.9 Å². The van der Waals surface area contributed by atoms with Gasteiger partial charge < -0.3 is 4.74 Å². The van der Waals surface area contributed by atoms with Gasteiger partial charge in [0.15, 0.2) is 11.5 Å². The highest BCUT2D eigenvalue weighted by atomic mass is 19.4. The van der Waals surface area contributed by atoms with Gasteiger partial charge in [-0.1, -0.05) is 26.8 Å². The molecule has 0 saturated carbocycles. The molecule has 1 aliphatic rings. The monoisotopic (exact) mass is 349 g/mol. The highest BCUT2D eigenvalue weighted by molar-refractivity contribution is 6.03. The molecule has 0 spiro atoms. The minimum absolute atomic E-state index is 0.0957. The van der Waals surface area contributed by atoms with Gasteiger partial charge in [-0.25, -0.2) is 0 Å². The van der Waals surface area contributed by atoms with Crippen LogP contribution in [0.3, 0.4) is 0 Å². The maximum absolute atomic E-state index is 13.0. The van der Waals surface area contributed by atoms with E-state index in [1.807, 2.05) is 32.9 Å². The van der Waals surface area contributed by atoms with Crippen LogP contribution in [-0.2, 0) is 16.4 Å². The van der Waals surface area contributed by atoms with E-state index in [1.54, 1.807) is 6.07 Å². The van der Waals surface area contributed by atoms with Crippen LogP contribution >= 0.6 is 0 Å². The zero-order valence-corrected chi connectivity index (χ0v) is 14.4. The first kappa shape index (κ1) is 17.3.